The van der Waals surface area contributed by atoms with E-state index in [9.17, 15) is 10.1 Å². The number of halogens is 1. The van der Waals surface area contributed by atoms with Gasteiger partial charge in [-0.05, 0) is 24.3 Å². The highest BCUT2D eigenvalue weighted by Gasteiger charge is 2.12. The van der Waals surface area contributed by atoms with Crippen molar-refractivity contribution in [2.24, 2.45) is 0 Å². The molecule has 140 valence electrons. The van der Waals surface area contributed by atoms with Gasteiger partial charge in [-0.25, -0.2) is 0 Å². The molecule has 0 saturated heterocycles. The molecule has 0 fully saturated rings. The van der Waals surface area contributed by atoms with E-state index in [1.807, 2.05) is 6.07 Å². The largest absolute Gasteiger partial charge is 0.497 e. The summed E-state index contributed by atoms with van der Waals surface area (Å²) in [4.78, 5) is 12.3. The fraction of sp³-hybridized carbons (Fsp3) is 0.158. The molecule has 7 nitrogen and oxygen atoms in total. The highest BCUT2D eigenvalue weighted by Crippen LogP contribution is 2.35. The summed E-state index contributed by atoms with van der Waals surface area (Å²) in [5.74, 6) is 0.962. The monoisotopic (exact) mass is 387 g/mol. The Labute approximate surface area is 162 Å². The average Bonchev–Trinajstić information content (AvgIpc) is 2.69. The third kappa shape index (κ3) is 5.06. The van der Waals surface area contributed by atoms with E-state index in [0.717, 1.165) is 0 Å². The van der Waals surface area contributed by atoms with Gasteiger partial charge in [-0.3, -0.25) is 4.79 Å². The van der Waals surface area contributed by atoms with Crippen molar-refractivity contribution >= 4 is 28.9 Å². The van der Waals surface area contributed by atoms with Crippen LogP contribution in [0, 0.1) is 11.3 Å². The predicted octanol–water partition coefficient (Wildman–Crippen LogP) is 3.82. The Hall–Kier alpha value is -3.37. The van der Waals surface area contributed by atoms with Crippen LogP contribution in [-0.4, -0.2) is 27.2 Å². The highest BCUT2D eigenvalue weighted by molar-refractivity contribution is 6.32. The number of benzene rings is 2. The second kappa shape index (κ2) is 9.36. The van der Waals surface area contributed by atoms with Crippen molar-refractivity contribution in [1.29, 1.82) is 5.26 Å². The number of methoxy groups -OCH3 is 3. The number of rotatable bonds is 7. The lowest BCUT2D eigenvalue weighted by molar-refractivity contribution is -0.112. The van der Waals surface area contributed by atoms with Gasteiger partial charge in [0.2, 0.25) is 0 Å². The van der Waals surface area contributed by atoms with Crippen molar-refractivity contribution in [2.75, 3.05) is 32.0 Å². The summed E-state index contributed by atoms with van der Waals surface area (Å²) in [6.07, 6.45) is 1.28. The van der Waals surface area contributed by atoms with Crippen LogP contribution in [0.25, 0.3) is 0 Å². The smallest absolute Gasteiger partial charge is 0.267 e. The summed E-state index contributed by atoms with van der Waals surface area (Å²) in [5, 5.41) is 15.2. The summed E-state index contributed by atoms with van der Waals surface area (Å²) < 4.78 is 15.5. The van der Waals surface area contributed by atoms with E-state index in [0.29, 0.717) is 33.6 Å². The second-order valence-corrected chi connectivity index (χ2v) is 5.59. The number of hydrogen-bond donors (Lipinski definition) is 2. The molecule has 2 N–H and O–H groups in total. The van der Waals surface area contributed by atoms with E-state index in [1.165, 1.54) is 20.4 Å². The molecule has 0 atom stereocenters. The van der Waals surface area contributed by atoms with Crippen LogP contribution in [0.5, 0.6) is 17.2 Å². The average molecular weight is 388 g/mol. The van der Waals surface area contributed by atoms with Crippen LogP contribution in [0.2, 0.25) is 5.02 Å². The standard InChI is InChI=1S/C19H18ClN3O4/c1-25-14-6-4-13(5-7-14)23-19(24)12(10-21)11-22-16-9-17(26-2)15(20)8-18(16)27-3/h4-9,11,22H,1-3H3,(H,23,24)/b12-11-. The third-order valence-electron chi connectivity index (χ3n) is 3.56. The minimum absolute atomic E-state index is 0.123. The number of carbonyl (C=O) groups is 1. The maximum absolute atomic E-state index is 12.3. The van der Waals surface area contributed by atoms with E-state index in [-0.39, 0.29) is 5.57 Å². The molecule has 27 heavy (non-hydrogen) atoms. The maximum Gasteiger partial charge on any atom is 0.267 e. The van der Waals surface area contributed by atoms with E-state index in [4.69, 9.17) is 25.8 Å². The predicted molar refractivity (Wildman–Crippen MR) is 103 cm³/mol. The molecule has 2 aromatic rings. The van der Waals surface area contributed by atoms with E-state index >= 15 is 0 Å². The van der Waals surface area contributed by atoms with Crippen LogP contribution in [0.3, 0.4) is 0 Å². The first kappa shape index (κ1) is 19.9. The van der Waals surface area contributed by atoms with Crippen LogP contribution in [0.15, 0.2) is 48.2 Å². The Balaban J connectivity index is 2.18. The van der Waals surface area contributed by atoms with Crippen molar-refractivity contribution in [3.05, 3.63) is 53.2 Å². The molecule has 0 spiro atoms. The van der Waals surface area contributed by atoms with Crippen LogP contribution >= 0.6 is 11.6 Å². The second-order valence-electron chi connectivity index (χ2n) is 5.18. The maximum atomic E-state index is 12.3. The van der Waals surface area contributed by atoms with Gasteiger partial charge in [-0.2, -0.15) is 5.26 Å². The number of anilines is 2. The first-order valence-corrected chi connectivity index (χ1v) is 8.14. The van der Waals surface area contributed by atoms with E-state index in [1.54, 1.807) is 43.5 Å². The van der Waals surface area contributed by atoms with Gasteiger partial charge in [-0.15, -0.1) is 0 Å². The van der Waals surface area contributed by atoms with Gasteiger partial charge in [0.05, 0.1) is 32.0 Å². The van der Waals surface area contributed by atoms with Gasteiger partial charge in [0.1, 0.15) is 28.9 Å². The van der Waals surface area contributed by atoms with Crippen LogP contribution < -0.4 is 24.8 Å². The Bertz CT molecular complexity index is 889. The van der Waals surface area contributed by atoms with Gasteiger partial charge in [-0.1, -0.05) is 11.6 Å². The Morgan fingerprint density at radius 3 is 2.30 bits per heavy atom. The minimum Gasteiger partial charge on any atom is -0.497 e. The summed E-state index contributed by atoms with van der Waals surface area (Å²) in [6, 6.07) is 11.8. The Kier molecular flexibility index (Phi) is 6.92. The quantitative estimate of drug-likeness (QED) is 0.554. The zero-order valence-electron chi connectivity index (χ0n) is 15.0. The van der Waals surface area contributed by atoms with E-state index < -0.39 is 5.91 Å². The summed E-state index contributed by atoms with van der Waals surface area (Å²) in [5.41, 5.74) is 0.901. The molecule has 0 bridgehead atoms. The number of hydrogen-bond acceptors (Lipinski definition) is 6. The fourth-order valence-electron chi connectivity index (χ4n) is 2.14. The zero-order valence-corrected chi connectivity index (χ0v) is 15.8. The summed E-state index contributed by atoms with van der Waals surface area (Å²) in [6.45, 7) is 0. The molecule has 2 rings (SSSR count). The first-order valence-electron chi connectivity index (χ1n) is 7.76. The number of amides is 1. The number of nitriles is 1. The topological polar surface area (TPSA) is 92.6 Å². The molecule has 0 radical (unpaired) electrons. The molecule has 0 aliphatic rings. The number of nitrogens with zero attached hydrogens (tertiary/aromatic N) is 1. The lowest BCUT2D eigenvalue weighted by Gasteiger charge is -2.12. The summed E-state index contributed by atoms with van der Waals surface area (Å²) in [7, 11) is 4.51. The normalized spacial score (nSPS) is 10.6. The molecule has 8 heteroatoms. The molecule has 0 saturated carbocycles. The molecule has 1 amide bonds. The van der Waals surface area contributed by atoms with Crippen molar-refractivity contribution in [3.63, 3.8) is 0 Å². The lowest BCUT2D eigenvalue weighted by atomic mass is 10.2. The molecular weight excluding hydrogens is 370 g/mol. The molecule has 0 unspecified atom stereocenters. The first-order chi connectivity index (χ1) is 13.0. The highest BCUT2D eigenvalue weighted by atomic mass is 35.5. The van der Waals surface area contributed by atoms with Gasteiger partial charge >= 0.3 is 0 Å². The molecule has 0 heterocycles. The van der Waals surface area contributed by atoms with Crippen molar-refractivity contribution in [3.8, 4) is 23.3 Å². The van der Waals surface area contributed by atoms with E-state index in [2.05, 4.69) is 10.6 Å². The molecule has 2 aromatic carbocycles. The van der Waals surface area contributed by atoms with Gasteiger partial charge in [0.15, 0.2) is 0 Å². The molecule has 0 aliphatic carbocycles. The van der Waals surface area contributed by atoms with Crippen molar-refractivity contribution in [2.45, 2.75) is 0 Å². The third-order valence-corrected chi connectivity index (χ3v) is 3.85. The van der Waals surface area contributed by atoms with Gasteiger partial charge in [0.25, 0.3) is 5.91 Å². The lowest BCUT2D eigenvalue weighted by Crippen LogP contribution is -2.14. The van der Waals surface area contributed by atoms with Crippen LogP contribution in [0.4, 0.5) is 11.4 Å². The summed E-state index contributed by atoms with van der Waals surface area (Å²) >= 11 is 6.06. The molecule has 0 aliphatic heterocycles. The number of nitrogens with one attached hydrogen (secondary N) is 2. The van der Waals surface area contributed by atoms with Crippen LogP contribution in [0.1, 0.15) is 0 Å². The number of carbonyl (C=O) groups excluding carboxylic acids is 1. The van der Waals surface area contributed by atoms with Crippen molar-refractivity contribution < 1.29 is 19.0 Å². The SMILES string of the molecule is COc1ccc(NC(=O)/C(C#N)=C\Nc2cc(OC)c(Cl)cc2OC)cc1. The Morgan fingerprint density at radius 2 is 1.74 bits per heavy atom. The zero-order chi connectivity index (χ0) is 19.8. The Morgan fingerprint density at radius 1 is 1.07 bits per heavy atom. The fourth-order valence-corrected chi connectivity index (χ4v) is 2.38. The molecule has 0 aromatic heterocycles. The van der Waals surface area contributed by atoms with Gasteiger partial charge in [0, 0.05) is 24.0 Å². The van der Waals surface area contributed by atoms with Crippen molar-refractivity contribution in [1.82, 2.24) is 0 Å². The van der Waals surface area contributed by atoms with Gasteiger partial charge < -0.3 is 24.8 Å². The van der Waals surface area contributed by atoms with Crippen LogP contribution in [-0.2, 0) is 4.79 Å². The number of ether oxygens (including phenoxy) is 3. The molecular formula is C19H18ClN3O4. The minimum atomic E-state index is -0.560.